The zero-order chi connectivity index (χ0) is 14.5. The second-order valence-electron chi connectivity index (χ2n) is 5.17. The molecule has 2 N–H and O–H groups in total. The van der Waals surface area contributed by atoms with Gasteiger partial charge in [0.2, 0.25) is 5.91 Å². The number of amides is 1. The molecule has 0 aromatic heterocycles. The SMILES string of the molecule is O=C(O)c1ccc(F)cc1NC(=O)C1CCCCCC1. The minimum atomic E-state index is -1.18. The van der Waals surface area contributed by atoms with E-state index in [1.165, 1.54) is 6.07 Å². The van der Waals surface area contributed by atoms with Gasteiger partial charge in [0.15, 0.2) is 0 Å². The summed E-state index contributed by atoms with van der Waals surface area (Å²) in [6.07, 6.45) is 5.89. The average molecular weight is 279 g/mol. The van der Waals surface area contributed by atoms with Crippen molar-refractivity contribution in [3.8, 4) is 0 Å². The Kier molecular flexibility index (Phi) is 4.71. The van der Waals surface area contributed by atoms with Gasteiger partial charge in [-0.05, 0) is 31.0 Å². The predicted octanol–water partition coefficient (Wildman–Crippen LogP) is 3.43. The molecule has 108 valence electrons. The topological polar surface area (TPSA) is 66.4 Å². The number of rotatable bonds is 3. The summed E-state index contributed by atoms with van der Waals surface area (Å²) in [5, 5.41) is 11.6. The summed E-state index contributed by atoms with van der Waals surface area (Å²) < 4.78 is 13.2. The molecule has 0 saturated heterocycles. The van der Waals surface area contributed by atoms with E-state index in [2.05, 4.69) is 5.32 Å². The fourth-order valence-electron chi connectivity index (χ4n) is 2.58. The van der Waals surface area contributed by atoms with Crippen LogP contribution >= 0.6 is 0 Å². The molecule has 0 aliphatic heterocycles. The van der Waals surface area contributed by atoms with Gasteiger partial charge >= 0.3 is 5.97 Å². The summed E-state index contributed by atoms with van der Waals surface area (Å²) in [5.41, 5.74) is -0.0554. The van der Waals surface area contributed by atoms with Crippen LogP contribution in [0.25, 0.3) is 0 Å². The van der Waals surface area contributed by atoms with Crippen LogP contribution in [-0.2, 0) is 4.79 Å². The maximum Gasteiger partial charge on any atom is 0.337 e. The molecule has 1 saturated carbocycles. The first kappa shape index (κ1) is 14.5. The molecule has 20 heavy (non-hydrogen) atoms. The van der Waals surface area contributed by atoms with Crippen LogP contribution in [0.2, 0.25) is 0 Å². The number of anilines is 1. The van der Waals surface area contributed by atoms with Crippen LogP contribution in [0, 0.1) is 11.7 Å². The molecule has 1 aromatic rings. The summed E-state index contributed by atoms with van der Waals surface area (Å²) in [7, 11) is 0. The zero-order valence-electron chi connectivity index (χ0n) is 11.2. The molecule has 0 unspecified atom stereocenters. The second kappa shape index (κ2) is 6.50. The van der Waals surface area contributed by atoms with Gasteiger partial charge in [0.1, 0.15) is 5.82 Å². The van der Waals surface area contributed by atoms with E-state index in [-0.39, 0.29) is 23.1 Å². The molecular weight excluding hydrogens is 261 g/mol. The Bertz CT molecular complexity index is 508. The largest absolute Gasteiger partial charge is 0.478 e. The van der Waals surface area contributed by atoms with E-state index >= 15 is 0 Å². The van der Waals surface area contributed by atoms with Crippen molar-refractivity contribution >= 4 is 17.6 Å². The molecular formula is C15H18FNO3. The van der Waals surface area contributed by atoms with E-state index < -0.39 is 11.8 Å². The Morgan fingerprint density at radius 3 is 2.40 bits per heavy atom. The Hall–Kier alpha value is -1.91. The molecule has 0 radical (unpaired) electrons. The summed E-state index contributed by atoms with van der Waals surface area (Å²) in [4.78, 5) is 23.3. The van der Waals surface area contributed by atoms with E-state index in [4.69, 9.17) is 5.11 Å². The van der Waals surface area contributed by atoms with Crippen molar-refractivity contribution in [3.63, 3.8) is 0 Å². The van der Waals surface area contributed by atoms with Crippen molar-refractivity contribution in [2.75, 3.05) is 5.32 Å². The van der Waals surface area contributed by atoms with Gasteiger partial charge in [-0.15, -0.1) is 0 Å². The highest BCUT2D eigenvalue weighted by atomic mass is 19.1. The first-order valence-corrected chi connectivity index (χ1v) is 6.91. The van der Waals surface area contributed by atoms with Crippen molar-refractivity contribution < 1.29 is 19.1 Å². The third-order valence-corrected chi connectivity index (χ3v) is 3.70. The quantitative estimate of drug-likeness (QED) is 0.833. The Labute approximate surface area is 117 Å². The Morgan fingerprint density at radius 2 is 1.80 bits per heavy atom. The molecule has 5 heteroatoms. The van der Waals surface area contributed by atoms with Crippen LogP contribution in [0.15, 0.2) is 18.2 Å². The highest BCUT2D eigenvalue weighted by molar-refractivity contribution is 6.01. The molecule has 2 rings (SSSR count). The molecule has 1 fully saturated rings. The van der Waals surface area contributed by atoms with Gasteiger partial charge in [-0.1, -0.05) is 25.7 Å². The van der Waals surface area contributed by atoms with E-state index in [1.54, 1.807) is 0 Å². The van der Waals surface area contributed by atoms with Gasteiger partial charge in [-0.2, -0.15) is 0 Å². The number of carbonyl (C=O) groups is 2. The van der Waals surface area contributed by atoms with Crippen LogP contribution < -0.4 is 5.32 Å². The number of benzene rings is 1. The smallest absolute Gasteiger partial charge is 0.337 e. The van der Waals surface area contributed by atoms with Crippen LogP contribution in [0.1, 0.15) is 48.9 Å². The number of nitrogens with one attached hydrogen (secondary N) is 1. The predicted molar refractivity (Wildman–Crippen MR) is 73.2 cm³/mol. The first-order chi connectivity index (χ1) is 9.58. The lowest BCUT2D eigenvalue weighted by atomic mass is 9.99. The van der Waals surface area contributed by atoms with Crippen LogP contribution in [-0.4, -0.2) is 17.0 Å². The third kappa shape index (κ3) is 3.56. The van der Waals surface area contributed by atoms with Crippen LogP contribution in [0.4, 0.5) is 10.1 Å². The fourth-order valence-corrected chi connectivity index (χ4v) is 2.58. The van der Waals surface area contributed by atoms with E-state index in [0.717, 1.165) is 50.7 Å². The van der Waals surface area contributed by atoms with Crippen LogP contribution in [0.5, 0.6) is 0 Å². The van der Waals surface area contributed by atoms with Gasteiger partial charge < -0.3 is 10.4 Å². The number of aromatic carboxylic acids is 1. The Morgan fingerprint density at radius 1 is 1.15 bits per heavy atom. The lowest BCUT2D eigenvalue weighted by molar-refractivity contribution is -0.120. The summed E-state index contributed by atoms with van der Waals surface area (Å²) in [6, 6.07) is 3.29. The highest BCUT2D eigenvalue weighted by Crippen LogP contribution is 2.25. The maximum absolute atomic E-state index is 13.2. The number of carboxylic acids is 1. The van der Waals surface area contributed by atoms with Crippen molar-refractivity contribution in [2.45, 2.75) is 38.5 Å². The molecule has 0 atom stereocenters. The number of carboxylic acid groups (broad SMARTS) is 1. The molecule has 0 heterocycles. The van der Waals surface area contributed by atoms with Gasteiger partial charge in [-0.3, -0.25) is 4.79 Å². The third-order valence-electron chi connectivity index (χ3n) is 3.70. The zero-order valence-corrected chi connectivity index (χ0v) is 11.2. The van der Waals surface area contributed by atoms with Gasteiger partial charge in [-0.25, -0.2) is 9.18 Å². The Balaban J connectivity index is 2.14. The molecule has 1 aromatic carbocycles. The monoisotopic (exact) mass is 279 g/mol. The molecule has 1 amide bonds. The van der Waals surface area contributed by atoms with E-state index in [1.807, 2.05) is 0 Å². The number of hydrogen-bond acceptors (Lipinski definition) is 2. The number of hydrogen-bond donors (Lipinski definition) is 2. The van der Waals surface area contributed by atoms with Gasteiger partial charge in [0, 0.05) is 5.92 Å². The fraction of sp³-hybridized carbons (Fsp3) is 0.467. The molecule has 0 spiro atoms. The van der Waals surface area contributed by atoms with Crippen molar-refractivity contribution in [1.82, 2.24) is 0 Å². The average Bonchev–Trinajstić information content (AvgIpc) is 2.67. The molecule has 1 aliphatic rings. The minimum absolute atomic E-state index is 0.0340. The maximum atomic E-state index is 13.2. The number of halogens is 1. The van der Waals surface area contributed by atoms with Gasteiger partial charge in [0.05, 0.1) is 11.3 Å². The number of carbonyl (C=O) groups excluding carboxylic acids is 1. The standard InChI is InChI=1S/C15H18FNO3/c16-11-7-8-12(15(19)20)13(9-11)17-14(18)10-5-3-1-2-4-6-10/h7-10H,1-6H2,(H,17,18)(H,19,20). The lowest BCUT2D eigenvalue weighted by Gasteiger charge is -2.15. The van der Waals surface area contributed by atoms with Crippen molar-refractivity contribution in [2.24, 2.45) is 5.92 Å². The molecule has 4 nitrogen and oxygen atoms in total. The summed E-state index contributed by atoms with van der Waals surface area (Å²) >= 11 is 0. The summed E-state index contributed by atoms with van der Waals surface area (Å²) in [6.45, 7) is 0. The normalized spacial score (nSPS) is 16.4. The lowest BCUT2D eigenvalue weighted by Crippen LogP contribution is -2.23. The molecule has 0 bridgehead atoms. The van der Waals surface area contributed by atoms with Crippen molar-refractivity contribution in [3.05, 3.63) is 29.6 Å². The van der Waals surface area contributed by atoms with Crippen molar-refractivity contribution in [1.29, 1.82) is 0 Å². The molecule has 1 aliphatic carbocycles. The minimum Gasteiger partial charge on any atom is -0.478 e. The van der Waals surface area contributed by atoms with Gasteiger partial charge in [0.25, 0.3) is 0 Å². The highest BCUT2D eigenvalue weighted by Gasteiger charge is 2.22. The van der Waals surface area contributed by atoms with Crippen LogP contribution in [0.3, 0.4) is 0 Å². The second-order valence-corrected chi connectivity index (χ2v) is 5.17. The summed E-state index contributed by atoms with van der Waals surface area (Å²) in [5.74, 6) is -2.06. The first-order valence-electron chi connectivity index (χ1n) is 6.91. The van der Waals surface area contributed by atoms with E-state index in [9.17, 15) is 14.0 Å². The van der Waals surface area contributed by atoms with E-state index in [0.29, 0.717) is 0 Å².